The maximum atomic E-state index is 14.3. The Bertz CT molecular complexity index is 1870. The number of rotatable bonds is 10. The van der Waals surface area contributed by atoms with E-state index in [-0.39, 0.29) is 46.2 Å². The fraction of sp³-hybridized carbons (Fsp3) is 0.462. The first kappa shape index (κ1) is 39.4. The molecule has 2 heterocycles. The van der Waals surface area contributed by atoms with Crippen LogP contribution in [0.5, 0.6) is 0 Å². The van der Waals surface area contributed by atoms with Crippen LogP contribution in [0.4, 0.5) is 48.7 Å². The van der Waals surface area contributed by atoms with Gasteiger partial charge in [-0.15, -0.1) is 0 Å². The molecule has 1 unspecified atom stereocenters. The van der Waals surface area contributed by atoms with E-state index in [0.717, 1.165) is 30.4 Å². The van der Waals surface area contributed by atoms with E-state index in [9.17, 15) is 67.2 Å². The fourth-order valence-corrected chi connectivity index (χ4v) is 5.97. The van der Waals surface area contributed by atoms with Crippen LogP contribution in [0.1, 0.15) is 30.1 Å². The number of hydrogen-bond acceptors (Lipinski definition) is 11. The molecule has 0 bridgehead atoms. The predicted molar refractivity (Wildman–Crippen MR) is 149 cm³/mol. The SMILES string of the molecule is CCOC(=O)OCN(C(=O)c1cc(-c2cnn(C3=C(C(F)(F)F)C(OS(=O)(=O)C(F)(C(F)(F)F)C(F)(F)F)NN3C)c2)ccc1Cl)C1(C#N)CC1. The Morgan fingerprint density at radius 1 is 1.08 bits per heavy atom. The minimum absolute atomic E-state index is 0.0257. The normalized spacial score (nSPS) is 18.0. The zero-order valence-corrected chi connectivity index (χ0v) is 27.0. The van der Waals surface area contributed by atoms with Crippen LogP contribution in [0.2, 0.25) is 5.02 Å². The number of amides is 1. The quantitative estimate of drug-likeness (QED) is 0.141. The molecule has 51 heavy (non-hydrogen) atoms. The maximum absolute atomic E-state index is 14.3. The van der Waals surface area contributed by atoms with Crippen LogP contribution in [-0.2, 0) is 23.8 Å². The number of benzene rings is 1. The molecule has 1 N–H and O–H groups in total. The molecule has 13 nitrogen and oxygen atoms in total. The summed E-state index contributed by atoms with van der Waals surface area (Å²) in [6.45, 7) is 0.692. The van der Waals surface area contributed by atoms with E-state index in [1.165, 1.54) is 19.1 Å². The third-order valence-electron chi connectivity index (χ3n) is 7.33. The Balaban J connectivity index is 1.72. The van der Waals surface area contributed by atoms with E-state index in [0.29, 0.717) is 4.68 Å². The van der Waals surface area contributed by atoms with Crippen LogP contribution in [0.25, 0.3) is 16.9 Å². The van der Waals surface area contributed by atoms with Gasteiger partial charge < -0.3 is 9.47 Å². The summed E-state index contributed by atoms with van der Waals surface area (Å²) in [7, 11) is -6.87. The smallest absolute Gasteiger partial charge is 0.435 e. The zero-order valence-electron chi connectivity index (χ0n) is 25.5. The van der Waals surface area contributed by atoms with Crippen molar-refractivity contribution in [2.45, 2.75) is 55.1 Å². The van der Waals surface area contributed by atoms with Gasteiger partial charge >= 0.3 is 39.8 Å². The van der Waals surface area contributed by atoms with Crippen LogP contribution in [0.3, 0.4) is 0 Å². The van der Waals surface area contributed by atoms with Crippen molar-refractivity contribution >= 4 is 39.6 Å². The van der Waals surface area contributed by atoms with E-state index in [1.54, 1.807) is 5.43 Å². The van der Waals surface area contributed by atoms with Crippen molar-refractivity contribution in [3.05, 3.63) is 46.8 Å². The molecule has 25 heteroatoms. The van der Waals surface area contributed by atoms with Gasteiger partial charge in [-0.1, -0.05) is 17.7 Å². The highest BCUT2D eigenvalue weighted by Crippen LogP contribution is 2.51. The lowest BCUT2D eigenvalue weighted by molar-refractivity contribution is -0.308. The van der Waals surface area contributed by atoms with Gasteiger partial charge in [0.2, 0.25) is 0 Å². The van der Waals surface area contributed by atoms with Crippen LogP contribution in [0, 0.1) is 11.3 Å². The van der Waals surface area contributed by atoms with Crippen molar-refractivity contribution in [1.82, 2.24) is 25.1 Å². The molecule has 1 amide bonds. The molecule has 1 atom stereocenters. The largest absolute Gasteiger partial charge is 0.509 e. The molecule has 1 fully saturated rings. The second kappa shape index (κ2) is 13.3. The maximum Gasteiger partial charge on any atom is 0.509 e. The van der Waals surface area contributed by atoms with Gasteiger partial charge in [-0.25, -0.2) is 18.0 Å². The Kier molecular flexibility index (Phi) is 10.3. The van der Waals surface area contributed by atoms with Gasteiger partial charge in [-0.05, 0) is 37.5 Å². The number of aromatic nitrogens is 2. The molecule has 0 radical (unpaired) electrons. The molecule has 2 aromatic rings. The van der Waals surface area contributed by atoms with Crippen LogP contribution in [-0.4, -0.2) is 95.9 Å². The highest BCUT2D eigenvalue weighted by molar-refractivity contribution is 7.88. The van der Waals surface area contributed by atoms with Gasteiger partial charge in [0.15, 0.2) is 18.8 Å². The molecular weight excluding hydrogens is 766 g/mol. The molecule has 4 rings (SSSR count). The van der Waals surface area contributed by atoms with Crippen molar-refractivity contribution in [2.24, 2.45) is 0 Å². The third-order valence-corrected chi connectivity index (χ3v) is 9.26. The van der Waals surface area contributed by atoms with Crippen molar-refractivity contribution < 1.29 is 75.6 Å². The lowest BCUT2D eigenvalue weighted by Gasteiger charge is -2.30. The van der Waals surface area contributed by atoms with Crippen molar-refractivity contribution in [3.63, 3.8) is 0 Å². The number of nitrogens with zero attached hydrogens (tertiary/aromatic N) is 5. The fourth-order valence-electron chi connectivity index (χ4n) is 4.67. The molecule has 1 aromatic carbocycles. The van der Waals surface area contributed by atoms with Gasteiger partial charge in [-0.3, -0.25) is 14.7 Å². The molecule has 1 aliphatic carbocycles. The molecule has 1 aromatic heterocycles. The van der Waals surface area contributed by atoms with Crippen LogP contribution in [0.15, 0.2) is 36.2 Å². The Labute approximate surface area is 284 Å². The lowest BCUT2D eigenvalue weighted by atomic mass is 10.0. The summed E-state index contributed by atoms with van der Waals surface area (Å²) in [4.78, 5) is 26.2. The molecule has 0 saturated heterocycles. The molecule has 1 saturated carbocycles. The highest BCUT2D eigenvalue weighted by Gasteiger charge is 2.82. The topological polar surface area (TPSA) is 156 Å². The first-order chi connectivity index (χ1) is 23.3. The first-order valence-corrected chi connectivity index (χ1v) is 15.6. The molecule has 1 aliphatic heterocycles. The molecule has 0 spiro atoms. The number of hydrogen-bond donors (Lipinski definition) is 1. The summed E-state index contributed by atoms with van der Waals surface area (Å²) in [5.41, 5.74) is -2.38. The Morgan fingerprint density at radius 3 is 2.20 bits per heavy atom. The number of hydrazine groups is 1. The molecule has 2 aliphatic rings. The van der Waals surface area contributed by atoms with Crippen molar-refractivity contribution in [1.29, 1.82) is 5.26 Å². The summed E-state index contributed by atoms with van der Waals surface area (Å²) in [6.07, 6.45) is -22.6. The van der Waals surface area contributed by atoms with Gasteiger partial charge in [0.05, 0.1) is 29.5 Å². The van der Waals surface area contributed by atoms with Crippen molar-refractivity contribution in [3.8, 4) is 17.2 Å². The number of halogens is 11. The predicted octanol–water partition coefficient (Wildman–Crippen LogP) is 5.48. The number of alkyl halides is 10. The Hall–Kier alpha value is -4.34. The number of nitriles is 1. The lowest BCUT2D eigenvalue weighted by Crippen LogP contribution is -2.60. The van der Waals surface area contributed by atoms with Crippen LogP contribution < -0.4 is 5.43 Å². The average Bonchev–Trinajstić information content (AvgIpc) is 3.50. The molecular formula is C26H21ClF10N6O7S. The average molecular weight is 787 g/mol. The van der Waals surface area contributed by atoms with Gasteiger partial charge in [0, 0.05) is 18.8 Å². The van der Waals surface area contributed by atoms with E-state index >= 15 is 0 Å². The second-order valence-corrected chi connectivity index (χ2v) is 12.7. The summed E-state index contributed by atoms with van der Waals surface area (Å²) < 4.78 is 173. The van der Waals surface area contributed by atoms with Crippen LogP contribution >= 0.6 is 11.6 Å². The van der Waals surface area contributed by atoms with E-state index in [4.69, 9.17) is 16.3 Å². The highest BCUT2D eigenvalue weighted by atomic mass is 35.5. The third kappa shape index (κ3) is 7.24. The van der Waals surface area contributed by atoms with E-state index in [1.807, 2.05) is 6.07 Å². The van der Waals surface area contributed by atoms with Gasteiger partial charge in [0.1, 0.15) is 11.1 Å². The number of nitrogens with one attached hydrogen (secondary N) is 1. The zero-order chi connectivity index (χ0) is 38.5. The summed E-state index contributed by atoms with van der Waals surface area (Å²) in [5.74, 6) is -2.14. The monoisotopic (exact) mass is 786 g/mol. The number of carbonyl (C=O) groups is 2. The number of carbonyl (C=O) groups excluding carboxylic acids is 2. The minimum Gasteiger partial charge on any atom is -0.435 e. The molecule has 280 valence electrons. The first-order valence-electron chi connectivity index (χ1n) is 13.8. The summed E-state index contributed by atoms with van der Waals surface area (Å²) in [6, 6.07) is 5.52. The van der Waals surface area contributed by atoms with Crippen molar-refractivity contribution in [2.75, 3.05) is 20.4 Å². The van der Waals surface area contributed by atoms with Gasteiger partial charge in [0.25, 0.3) is 5.91 Å². The minimum atomic E-state index is -7.60. The van der Waals surface area contributed by atoms with E-state index < -0.39 is 75.6 Å². The van der Waals surface area contributed by atoms with E-state index in [2.05, 4.69) is 14.0 Å². The summed E-state index contributed by atoms with van der Waals surface area (Å²) in [5, 5.41) is 6.36. The second-order valence-electron chi connectivity index (χ2n) is 10.6. The number of ether oxygens (including phenoxy) is 2. The Morgan fingerprint density at radius 2 is 1.69 bits per heavy atom. The standard InChI is InChI=1S/C26H21ClF10N6O7S/c1-3-48-21(45)49-12-42(22(11-38)6-7-22)20(44)15-8-13(4-5-16(15)27)14-9-39-43(10-14)19-17(23(28,29)30)18(40-41(19)2)50-51(46,47)24(31,25(32,33)34)26(35,36)37/h4-5,8-10,18,40H,3,6-7,12H2,1-2H3. The van der Waals surface area contributed by atoms with Gasteiger partial charge in [-0.2, -0.15) is 63.7 Å². The summed E-state index contributed by atoms with van der Waals surface area (Å²) >= 11 is 6.24.